The molecule has 0 amide bonds. The van der Waals surface area contributed by atoms with Crippen LogP contribution in [-0.2, 0) is 16.5 Å². The monoisotopic (exact) mass is 458 g/mol. The van der Waals surface area contributed by atoms with Crippen molar-refractivity contribution in [3.8, 4) is 17.2 Å². The first-order valence-electron chi connectivity index (χ1n) is 10.5. The summed E-state index contributed by atoms with van der Waals surface area (Å²) in [5, 5.41) is 12.3. The van der Waals surface area contributed by atoms with E-state index < -0.39 is 20.8 Å². The predicted molar refractivity (Wildman–Crippen MR) is 113 cm³/mol. The van der Waals surface area contributed by atoms with Gasteiger partial charge in [-0.05, 0) is 42.7 Å². The van der Waals surface area contributed by atoms with Gasteiger partial charge in [-0.2, -0.15) is 8.42 Å². The topological polar surface area (TPSA) is 86.7 Å². The van der Waals surface area contributed by atoms with Crippen molar-refractivity contribution in [2.24, 2.45) is 0 Å². The molecule has 1 N–H and O–H groups in total. The third-order valence-electron chi connectivity index (χ3n) is 4.89. The van der Waals surface area contributed by atoms with Gasteiger partial charge in [0.25, 0.3) is 10.1 Å². The zero-order valence-electron chi connectivity index (χ0n) is 18.1. The van der Waals surface area contributed by atoms with Gasteiger partial charge in [0.05, 0.1) is 4.90 Å². The molecule has 2 rings (SSSR count). The van der Waals surface area contributed by atoms with Crippen LogP contribution in [0.4, 0.5) is 0 Å². The standard InChI is InChI=1S/C23H32O5S.K/c1-2-3-4-5-6-7-8-9-11-14-19-17-21(28-20-15-12-10-13-16-20)18-22(24)23(19)29(25,26)27;/h10,12-13,15-18,24H,2-9,11,14H2,1H3,(H,25,26,27);/q;+1/p-1. The van der Waals surface area contributed by atoms with Gasteiger partial charge in [0.1, 0.15) is 11.5 Å². The van der Waals surface area contributed by atoms with Crippen molar-refractivity contribution < 1.29 is 74.2 Å². The average Bonchev–Trinajstić information content (AvgIpc) is 2.66. The number of para-hydroxylation sites is 1. The molecular weight excluding hydrogens is 427 g/mol. The van der Waals surface area contributed by atoms with Crippen molar-refractivity contribution in [1.29, 1.82) is 0 Å². The minimum absolute atomic E-state index is 0. The van der Waals surface area contributed by atoms with E-state index >= 15 is 0 Å². The molecule has 0 aromatic heterocycles. The number of hydrogen-bond acceptors (Lipinski definition) is 4. The Hall–Kier alpha value is -0.414. The zero-order chi connectivity index (χ0) is 21.1. The second-order valence-corrected chi connectivity index (χ2v) is 8.74. The average molecular weight is 459 g/mol. The molecule has 0 aliphatic carbocycles. The minimum Gasteiger partial charge on any atom is -0.871 e. The van der Waals surface area contributed by atoms with Crippen LogP contribution >= 0.6 is 0 Å². The van der Waals surface area contributed by atoms with Crippen LogP contribution in [0.1, 0.15) is 70.3 Å². The van der Waals surface area contributed by atoms with Crippen molar-refractivity contribution >= 4 is 10.1 Å². The summed E-state index contributed by atoms with van der Waals surface area (Å²) in [7, 11) is -4.58. The Morgan fingerprint density at radius 3 is 2.00 bits per heavy atom. The molecule has 0 fully saturated rings. The summed E-state index contributed by atoms with van der Waals surface area (Å²) in [6, 6.07) is 11.6. The number of unbranched alkanes of at least 4 members (excludes halogenated alkanes) is 8. The van der Waals surface area contributed by atoms with E-state index in [4.69, 9.17) is 4.74 Å². The number of aryl methyl sites for hydroxylation is 1. The number of hydrogen-bond donors (Lipinski definition) is 1. The van der Waals surface area contributed by atoms with Crippen molar-refractivity contribution in [3.63, 3.8) is 0 Å². The van der Waals surface area contributed by atoms with Crippen molar-refractivity contribution in [2.45, 2.75) is 76.0 Å². The summed E-state index contributed by atoms with van der Waals surface area (Å²) in [6.07, 6.45) is 10.7. The maximum Gasteiger partial charge on any atom is 1.00 e. The molecule has 0 radical (unpaired) electrons. The van der Waals surface area contributed by atoms with Gasteiger partial charge in [-0.15, -0.1) is 0 Å². The molecule has 2 aromatic rings. The van der Waals surface area contributed by atoms with Crippen LogP contribution in [0.5, 0.6) is 17.2 Å². The fraction of sp³-hybridized carbons (Fsp3) is 0.478. The number of ether oxygens (including phenoxy) is 1. The van der Waals surface area contributed by atoms with E-state index in [0.717, 1.165) is 25.3 Å². The van der Waals surface area contributed by atoms with E-state index in [1.165, 1.54) is 38.5 Å². The molecule has 0 heterocycles. The normalized spacial score (nSPS) is 11.1. The molecule has 0 atom stereocenters. The van der Waals surface area contributed by atoms with Crippen LogP contribution < -0.4 is 61.2 Å². The molecule has 0 saturated carbocycles. The molecule has 0 spiro atoms. The maximum absolute atomic E-state index is 12.3. The van der Waals surface area contributed by atoms with Crippen LogP contribution in [0.3, 0.4) is 0 Å². The van der Waals surface area contributed by atoms with Gasteiger partial charge < -0.3 is 9.84 Å². The molecular formula is C23H31KO5S. The molecule has 0 unspecified atom stereocenters. The summed E-state index contributed by atoms with van der Waals surface area (Å²) < 4.78 is 38.6. The Labute approximate surface area is 223 Å². The second kappa shape index (κ2) is 14.6. The van der Waals surface area contributed by atoms with E-state index in [0.29, 0.717) is 17.7 Å². The minimum atomic E-state index is -4.58. The maximum atomic E-state index is 12.3. The van der Waals surface area contributed by atoms with Gasteiger partial charge in [0.2, 0.25) is 0 Å². The van der Waals surface area contributed by atoms with E-state index in [2.05, 4.69) is 6.92 Å². The molecule has 5 nitrogen and oxygen atoms in total. The van der Waals surface area contributed by atoms with Crippen LogP contribution in [0, 0.1) is 0 Å². The van der Waals surface area contributed by atoms with E-state index in [1.807, 2.05) is 18.2 Å². The quantitative estimate of drug-likeness (QED) is 0.283. The van der Waals surface area contributed by atoms with Crippen LogP contribution in [0.25, 0.3) is 0 Å². The summed E-state index contributed by atoms with van der Waals surface area (Å²) >= 11 is 0. The second-order valence-electron chi connectivity index (χ2n) is 7.38. The third kappa shape index (κ3) is 9.81. The fourth-order valence-electron chi connectivity index (χ4n) is 3.42. The molecule has 7 heteroatoms. The molecule has 0 saturated heterocycles. The SMILES string of the molecule is CCCCCCCCCCCc1cc(Oc2ccccc2)cc([O-])c1S(=O)(=O)O.[K+]. The summed E-state index contributed by atoms with van der Waals surface area (Å²) in [5.74, 6) is 0.0897. The molecule has 0 bridgehead atoms. The fourth-order valence-corrected chi connectivity index (χ4v) is 4.23. The summed E-state index contributed by atoms with van der Waals surface area (Å²) in [4.78, 5) is -0.530. The van der Waals surface area contributed by atoms with E-state index in [-0.39, 0.29) is 57.1 Å². The largest absolute Gasteiger partial charge is 1.00 e. The number of benzene rings is 2. The first-order valence-corrected chi connectivity index (χ1v) is 11.9. The van der Waals surface area contributed by atoms with Crippen LogP contribution in [-0.4, -0.2) is 13.0 Å². The smallest absolute Gasteiger partial charge is 0.871 e. The summed E-state index contributed by atoms with van der Waals surface area (Å²) in [6.45, 7) is 2.20. The van der Waals surface area contributed by atoms with Gasteiger partial charge in [-0.1, -0.05) is 82.2 Å². The van der Waals surface area contributed by atoms with Gasteiger partial charge in [0.15, 0.2) is 0 Å². The Morgan fingerprint density at radius 2 is 1.43 bits per heavy atom. The molecule has 160 valence electrons. The molecule has 2 aromatic carbocycles. The van der Waals surface area contributed by atoms with Gasteiger partial charge >= 0.3 is 51.4 Å². The Bertz CT molecular complexity index is 853. The van der Waals surface area contributed by atoms with Gasteiger partial charge in [-0.3, -0.25) is 4.55 Å². The van der Waals surface area contributed by atoms with E-state index in [9.17, 15) is 18.1 Å². The molecule has 0 aliphatic rings. The van der Waals surface area contributed by atoms with Crippen LogP contribution in [0.2, 0.25) is 0 Å². The Morgan fingerprint density at radius 1 is 0.867 bits per heavy atom. The number of rotatable bonds is 13. The van der Waals surface area contributed by atoms with Crippen molar-refractivity contribution in [1.82, 2.24) is 0 Å². The van der Waals surface area contributed by atoms with Gasteiger partial charge in [-0.25, -0.2) is 0 Å². The Kier molecular flexibility index (Phi) is 13.5. The first kappa shape index (κ1) is 27.6. The molecule has 30 heavy (non-hydrogen) atoms. The Balaban J connectivity index is 0.00000450. The predicted octanol–water partition coefficient (Wildman–Crippen LogP) is 2.88. The third-order valence-corrected chi connectivity index (χ3v) is 5.87. The van der Waals surface area contributed by atoms with E-state index in [1.54, 1.807) is 18.2 Å². The first-order chi connectivity index (χ1) is 13.9. The van der Waals surface area contributed by atoms with Crippen molar-refractivity contribution in [2.75, 3.05) is 0 Å². The molecule has 0 aliphatic heterocycles. The van der Waals surface area contributed by atoms with Crippen molar-refractivity contribution in [3.05, 3.63) is 48.0 Å². The zero-order valence-corrected chi connectivity index (χ0v) is 22.0. The van der Waals surface area contributed by atoms with Gasteiger partial charge in [0, 0.05) is 0 Å². The summed E-state index contributed by atoms with van der Waals surface area (Å²) in [5.41, 5.74) is 0.314. The van der Waals surface area contributed by atoms with Crippen LogP contribution in [0.15, 0.2) is 47.4 Å².